The SMILES string of the molecule is Cc1ccc(-c2csc(=NCCN3CCOCC3)n2/N=C\c2cccs2)cc1C. The standard InChI is InChI=1S/C22H26N4OS2/c1-17-5-6-19(14-18(17)2)21-16-29-22(23-7-8-25-9-11-27-12-10-25)26(21)24-15-20-4-3-13-28-20/h3-6,13-16H,7-12H2,1-2H3/b23-22?,24-15-. The van der Waals surface area contributed by atoms with E-state index in [1.54, 1.807) is 22.7 Å². The van der Waals surface area contributed by atoms with Crippen molar-refractivity contribution >= 4 is 28.9 Å². The first-order valence-corrected chi connectivity index (χ1v) is 11.6. The Bertz CT molecular complexity index is 1030. The number of aromatic nitrogens is 1. The predicted molar refractivity (Wildman–Crippen MR) is 122 cm³/mol. The molecule has 1 aromatic carbocycles. The molecule has 152 valence electrons. The summed E-state index contributed by atoms with van der Waals surface area (Å²) in [5, 5.41) is 9.01. The number of thiophene rings is 1. The Balaban J connectivity index is 1.64. The molecule has 0 unspecified atom stereocenters. The lowest BCUT2D eigenvalue weighted by atomic mass is 10.1. The van der Waals surface area contributed by atoms with Gasteiger partial charge in [0.25, 0.3) is 0 Å². The third-order valence-electron chi connectivity index (χ3n) is 5.10. The number of morpholine rings is 1. The molecular weight excluding hydrogens is 400 g/mol. The molecule has 0 saturated carbocycles. The van der Waals surface area contributed by atoms with Gasteiger partial charge in [-0.15, -0.1) is 22.7 Å². The summed E-state index contributed by atoms with van der Waals surface area (Å²) in [5.74, 6) is 0. The van der Waals surface area contributed by atoms with Gasteiger partial charge in [-0.1, -0.05) is 18.2 Å². The minimum atomic E-state index is 0.765. The van der Waals surface area contributed by atoms with Crippen molar-refractivity contribution in [2.75, 3.05) is 39.4 Å². The van der Waals surface area contributed by atoms with Gasteiger partial charge in [0.1, 0.15) is 0 Å². The van der Waals surface area contributed by atoms with Crippen molar-refractivity contribution in [1.29, 1.82) is 0 Å². The molecule has 3 heterocycles. The number of thiazole rings is 1. The second-order valence-electron chi connectivity index (χ2n) is 7.11. The second-order valence-corrected chi connectivity index (χ2v) is 8.93. The number of rotatable bonds is 6. The van der Waals surface area contributed by atoms with Gasteiger partial charge in [-0.2, -0.15) is 5.10 Å². The monoisotopic (exact) mass is 426 g/mol. The van der Waals surface area contributed by atoms with E-state index in [4.69, 9.17) is 14.8 Å². The topological polar surface area (TPSA) is 42.1 Å². The Morgan fingerprint density at radius 2 is 1.97 bits per heavy atom. The van der Waals surface area contributed by atoms with Crippen LogP contribution < -0.4 is 4.80 Å². The maximum Gasteiger partial charge on any atom is 0.206 e. The van der Waals surface area contributed by atoms with Crippen molar-refractivity contribution < 1.29 is 4.74 Å². The third kappa shape index (κ3) is 5.11. The Labute approximate surface area is 179 Å². The predicted octanol–water partition coefficient (Wildman–Crippen LogP) is 4.01. The molecule has 0 amide bonds. The molecule has 2 aromatic heterocycles. The average Bonchev–Trinajstić information content (AvgIpc) is 3.39. The summed E-state index contributed by atoms with van der Waals surface area (Å²) >= 11 is 3.33. The van der Waals surface area contributed by atoms with E-state index in [-0.39, 0.29) is 0 Å². The Morgan fingerprint density at radius 3 is 2.72 bits per heavy atom. The first-order chi connectivity index (χ1) is 14.2. The lowest BCUT2D eigenvalue weighted by molar-refractivity contribution is 0.0393. The lowest BCUT2D eigenvalue weighted by Gasteiger charge is -2.25. The van der Waals surface area contributed by atoms with Gasteiger partial charge < -0.3 is 4.74 Å². The smallest absolute Gasteiger partial charge is 0.206 e. The molecular formula is C22H26N4OS2. The van der Waals surface area contributed by atoms with Crippen molar-refractivity contribution in [3.63, 3.8) is 0 Å². The normalized spacial score (nSPS) is 16.1. The lowest BCUT2D eigenvalue weighted by Crippen LogP contribution is -2.38. The van der Waals surface area contributed by atoms with Crippen LogP contribution in [-0.4, -0.2) is 55.2 Å². The van der Waals surface area contributed by atoms with Crippen LogP contribution in [0.15, 0.2) is 51.2 Å². The minimum Gasteiger partial charge on any atom is -0.379 e. The van der Waals surface area contributed by atoms with Crippen LogP contribution >= 0.6 is 22.7 Å². The van der Waals surface area contributed by atoms with E-state index < -0.39 is 0 Å². The molecule has 1 aliphatic heterocycles. The molecule has 29 heavy (non-hydrogen) atoms. The van der Waals surface area contributed by atoms with Gasteiger partial charge in [0.2, 0.25) is 4.80 Å². The van der Waals surface area contributed by atoms with E-state index in [1.807, 2.05) is 17.0 Å². The molecule has 5 nitrogen and oxygen atoms in total. The molecule has 0 spiro atoms. The van der Waals surface area contributed by atoms with Crippen molar-refractivity contribution in [3.8, 4) is 11.3 Å². The van der Waals surface area contributed by atoms with Crippen molar-refractivity contribution in [2.45, 2.75) is 13.8 Å². The molecule has 1 aliphatic rings. The second kappa shape index (κ2) is 9.63. The Hall–Kier alpha value is -2.06. The third-order valence-corrected chi connectivity index (χ3v) is 6.76. The zero-order valence-electron chi connectivity index (χ0n) is 16.9. The van der Waals surface area contributed by atoms with Gasteiger partial charge in [-0.25, -0.2) is 4.68 Å². The Kier molecular flexibility index (Phi) is 6.71. The van der Waals surface area contributed by atoms with Crippen LogP contribution in [0, 0.1) is 13.8 Å². The summed E-state index contributed by atoms with van der Waals surface area (Å²) in [5.41, 5.74) is 4.83. The van der Waals surface area contributed by atoms with Gasteiger partial charge in [-0.3, -0.25) is 9.89 Å². The highest BCUT2D eigenvalue weighted by Crippen LogP contribution is 2.23. The molecule has 7 heteroatoms. The maximum atomic E-state index is 5.43. The molecule has 1 fully saturated rings. The molecule has 1 saturated heterocycles. The highest BCUT2D eigenvalue weighted by molar-refractivity contribution is 7.11. The van der Waals surface area contributed by atoms with Crippen LogP contribution in [0.2, 0.25) is 0 Å². The first-order valence-electron chi connectivity index (χ1n) is 9.87. The number of ether oxygens (including phenoxy) is 1. The van der Waals surface area contributed by atoms with Crippen LogP contribution in [0.1, 0.15) is 16.0 Å². The zero-order valence-corrected chi connectivity index (χ0v) is 18.5. The molecule has 0 bridgehead atoms. The van der Waals surface area contributed by atoms with Crippen molar-refractivity contribution in [2.24, 2.45) is 10.1 Å². The quantitative estimate of drug-likeness (QED) is 0.559. The molecule has 0 aliphatic carbocycles. The van der Waals surface area contributed by atoms with Crippen molar-refractivity contribution in [3.05, 3.63) is 61.9 Å². The maximum absolute atomic E-state index is 5.43. The van der Waals surface area contributed by atoms with E-state index in [1.165, 1.54) is 16.7 Å². The summed E-state index contributed by atoms with van der Waals surface area (Å²) in [6, 6.07) is 10.7. The van der Waals surface area contributed by atoms with Crippen molar-refractivity contribution in [1.82, 2.24) is 9.58 Å². The fourth-order valence-electron chi connectivity index (χ4n) is 3.21. The van der Waals surface area contributed by atoms with Crippen LogP contribution in [-0.2, 0) is 4.74 Å². The molecule has 0 radical (unpaired) electrons. The largest absolute Gasteiger partial charge is 0.379 e. The number of aryl methyl sites for hydroxylation is 2. The summed E-state index contributed by atoms with van der Waals surface area (Å²) in [7, 11) is 0. The minimum absolute atomic E-state index is 0.765. The molecule has 0 atom stereocenters. The number of benzene rings is 1. The van der Waals surface area contributed by atoms with Gasteiger partial charge in [0.05, 0.1) is 31.7 Å². The van der Waals surface area contributed by atoms with Gasteiger partial charge >= 0.3 is 0 Å². The fraction of sp³-hybridized carbons (Fsp3) is 0.364. The highest BCUT2D eigenvalue weighted by Gasteiger charge is 2.11. The fourth-order valence-corrected chi connectivity index (χ4v) is 4.65. The van der Waals surface area contributed by atoms with Gasteiger partial charge in [0.15, 0.2) is 0 Å². The van der Waals surface area contributed by atoms with E-state index in [2.05, 4.69) is 53.8 Å². The van der Waals surface area contributed by atoms with Crippen LogP contribution in [0.5, 0.6) is 0 Å². The summed E-state index contributed by atoms with van der Waals surface area (Å²) in [6.45, 7) is 9.63. The summed E-state index contributed by atoms with van der Waals surface area (Å²) in [4.78, 5) is 9.35. The summed E-state index contributed by atoms with van der Waals surface area (Å²) < 4.78 is 7.41. The van der Waals surface area contributed by atoms with E-state index >= 15 is 0 Å². The van der Waals surface area contributed by atoms with Crippen LogP contribution in [0.4, 0.5) is 0 Å². The number of nitrogens with zero attached hydrogens (tertiary/aromatic N) is 4. The first kappa shape index (κ1) is 20.2. The van der Waals surface area contributed by atoms with E-state index in [9.17, 15) is 0 Å². The molecule has 3 aromatic rings. The van der Waals surface area contributed by atoms with Crippen LogP contribution in [0.25, 0.3) is 11.3 Å². The number of hydrogen-bond donors (Lipinski definition) is 0. The highest BCUT2D eigenvalue weighted by atomic mass is 32.1. The summed E-state index contributed by atoms with van der Waals surface area (Å²) in [6.07, 6.45) is 1.92. The average molecular weight is 427 g/mol. The van der Waals surface area contributed by atoms with Gasteiger partial charge in [-0.05, 0) is 42.5 Å². The zero-order chi connectivity index (χ0) is 20.1. The Morgan fingerprint density at radius 1 is 1.10 bits per heavy atom. The molecule has 0 N–H and O–H groups in total. The van der Waals surface area contributed by atoms with E-state index in [0.717, 1.165) is 54.8 Å². The van der Waals surface area contributed by atoms with Crippen LogP contribution in [0.3, 0.4) is 0 Å². The van der Waals surface area contributed by atoms with Gasteiger partial charge in [0, 0.05) is 35.5 Å². The molecule has 4 rings (SSSR count). The number of hydrogen-bond acceptors (Lipinski definition) is 6. The van der Waals surface area contributed by atoms with E-state index in [0.29, 0.717) is 0 Å².